The molecule has 2 rings (SSSR count). The van der Waals surface area contributed by atoms with Crippen molar-refractivity contribution in [1.29, 1.82) is 0 Å². The zero-order valence-electron chi connectivity index (χ0n) is 45.1. The lowest BCUT2D eigenvalue weighted by atomic mass is 10.0. The number of ether oxygens (including phenoxy) is 6. The third-order valence-electron chi connectivity index (χ3n) is 10.3. The average molecular weight is 1240 g/mol. The second kappa shape index (κ2) is 54.0. The van der Waals surface area contributed by atoms with Crippen molar-refractivity contribution in [3.8, 4) is 0 Å². The summed E-state index contributed by atoms with van der Waals surface area (Å²) < 4.78 is 62.0. The van der Waals surface area contributed by atoms with E-state index in [0.717, 1.165) is 77.2 Å². The average Bonchev–Trinajstić information content (AvgIpc) is 3.81. The molecule has 0 bridgehead atoms. The zero-order valence-corrected chi connectivity index (χ0v) is 50.2. The highest BCUT2D eigenvalue weighted by molar-refractivity contribution is 8.07. The fourth-order valence-electron chi connectivity index (χ4n) is 6.10. The Bertz CT molecular complexity index is 1890. The second-order valence-corrected chi connectivity index (χ2v) is 25.1. The molecule has 466 valence electrons. The summed E-state index contributed by atoms with van der Waals surface area (Å²) in [7, 11) is 7.10. The number of aliphatic hydroxyl groups excluding tert-OH is 1. The van der Waals surface area contributed by atoms with Crippen LogP contribution in [0.5, 0.6) is 0 Å². The van der Waals surface area contributed by atoms with Gasteiger partial charge in [-0.3, -0.25) is 19.1 Å². The molecule has 0 aliphatic carbocycles. The largest absolute Gasteiger partial charge is 0.396 e. The molecule has 2 heterocycles. The third-order valence-corrected chi connectivity index (χ3v) is 15.5. The van der Waals surface area contributed by atoms with E-state index < -0.39 is 37.6 Å². The number of aromatic nitrogens is 2. The first-order chi connectivity index (χ1) is 36.3. The summed E-state index contributed by atoms with van der Waals surface area (Å²) in [6.45, 7) is -1.86. The quantitative estimate of drug-likeness (QED) is 0.0255. The molecular formula is C46H100N7O19P3S3. The highest BCUT2D eigenvalue weighted by atomic mass is 32.5. The van der Waals surface area contributed by atoms with Gasteiger partial charge in [0.1, 0.15) is 12.3 Å². The van der Waals surface area contributed by atoms with Gasteiger partial charge in [0.25, 0.3) is 5.56 Å². The molecule has 7 atom stereocenters. The van der Waals surface area contributed by atoms with E-state index in [1.165, 1.54) is 44.2 Å². The lowest BCUT2D eigenvalue weighted by Gasteiger charge is -2.18. The summed E-state index contributed by atoms with van der Waals surface area (Å²) in [6, 6.07) is 0. The summed E-state index contributed by atoms with van der Waals surface area (Å²) in [5.74, 6) is -0.316. The van der Waals surface area contributed by atoms with Crippen molar-refractivity contribution in [2.75, 3.05) is 141 Å². The van der Waals surface area contributed by atoms with E-state index >= 15 is 0 Å². The van der Waals surface area contributed by atoms with E-state index in [2.05, 4.69) is 59.3 Å². The fraction of sp³-hybridized carbons (Fsp3) is 0.848. The number of rotatable bonds is 42. The number of nitrogens with zero attached hydrogens (tertiary/aromatic N) is 1. The predicted molar refractivity (Wildman–Crippen MR) is 316 cm³/mol. The standard InChI is InChI=1S/C20H32N4O6.C9H22NO6PS.C8H20NO4PS.C7H18NO3PS.2CH4/c1-28-13-16-15(29-2)11-18(30-16)24-12-14(19(26)23-20(24)27)7-8-17(25)22-10-6-4-3-5-9-21;1-12-17(11,18)16-9-8-15-7-6-14-5-4-13-3-2-10;1-12-14(11,15)13-7-8(6-10)4-2-3-5-9;1-10-12(9,13)11-7-5-3-2-4-6-8;;/h7-8,12,15-16,18H,3-6,9-11,13,21H2,1-2H3,(H,22,25)(H,23,26,27);2-10H2,1H3,(H,11,18);8,10H,2-7,9H2,1H3,(H,11,15);2-8H2,1H3,(H,9,13);2*1H4/b8-7+;;;;;/t15?,16-,18-;;;;;/m1...../s1. The summed E-state index contributed by atoms with van der Waals surface area (Å²) in [4.78, 5) is 66.4. The van der Waals surface area contributed by atoms with Crippen LogP contribution in [0.1, 0.15) is 104 Å². The van der Waals surface area contributed by atoms with Gasteiger partial charge in [0, 0.05) is 79.9 Å². The molecule has 1 fully saturated rings. The van der Waals surface area contributed by atoms with E-state index in [4.69, 9.17) is 70.0 Å². The smallest absolute Gasteiger partial charge is 0.330 e. The first-order valence-corrected chi connectivity index (χ1v) is 32.8. The Labute approximate surface area is 479 Å². The van der Waals surface area contributed by atoms with Gasteiger partial charge in [0.15, 0.2) is 0 Å². The van der Waals surface area contributed by atoms with Crippen LogP contribution in [-0.4, -0.2) is 188 Å². The lowest BCUT2D eigenvalue weighted by Crippen LogP contribution is -2.33. The minimum Gasteiger partial charge on any atom is -0.396 e. The van der Waals surface area contributed by atoms with Gasteiger partial charge in [0.2, 0.25) is 5.91 Å². The molecule has 1 aromatic heterocycles. The minimum absolute atomic E-state index is 0. The van der Waals surface area contributed by atoms with E-state index in [0.29, 0.717) is 85.5 Å². The molecule has 1 aliphatic rings. The van der Waals surface area contributed by atoms with Crippen LogP contribution in [0.3, 0.4) is 0 Å². The van der Waals surface area contributed by atoms with Crippen LogP contribution in [0.15, 0.2) is 21.9 Å². The number of unbranched alkanes of at least 4 members (excludes halogenated alkanes) is 7. The van der Waals surface area contributed by atoms with Gasteiger partial charge in [-0.05, 0) is 99.7 Å². The Balaban J connectivity index is -0.000000494. The highest BCUT2D eigenvalue weighted by Crippen LogP contribution is 2.44. The number of nitrogens with one attached hydrogen (secondary N) is 2. The lowest BCUT2D eigenvalue weighted by molar-refractivity contribution is -0.116. The Morgan fingerprint density at radius 2 is 1.23 bits per heavy atom. The molecule has 0 radical (unpaired) electrons. The van der Waals surface area contributed by atoms with Gasteiger partial charge >= 0.3 is 25.8 Å². The van der Waals surface area contributed by atoms with Crippen LogP contribution >= 0.6 is 20.2 Å². The Morgan fingerprint density at radius 3 is 1.74 bits per heavy atom. The highest BCUT2D eigenvalue weighted by Gasteiger charge is 2.37. The van der Waals surface area contributed by atoms with Crippen molar-refractivity contribution >= 4 is 67.6 Å². The number of nitrogens with two attached hydrogens (primary N) is 4. The van der Waals surface area contributed by atoms with E-state index in [-0.39, 0.29) is 64.3 Å². The van der Waals surface area contributed by atoms with Gasteiger partial charge in [-0.1, -0.05) is 47.0 Å². The van der Waals surface area contributed by atoms with Crippen molar-refractivity contribution in [3.05, 3.63) is 38.7 Å². The van der Waals surface area contributed by atoms with Crippen LogP contribution in [0.4, 0.5) is 0 Å². The number of hydrogen-bond donors (Lipinski definition) is 10. The molecule has 5 unspecified atom stereocenters. The number of aromatic amines is 1. The first kappa shape index (κ1) is 83.5. The number of carbonyl (C=O) groups excluding carboxylic acids is 1. The van der Waals surface area contributed by atoms with Crippen molar-refractivity contribution in [3.63, 3.8) is 0 Å². The monoisotopic (exact) mass is 1240 g/mol. The van der Waals surface area contributed by atoms with Crippen LogP contribution < -0.4 is 39.5 Å². The minimum atomic E-state index is -3.08. The molecule has 78 heavy (non-hydrogen) atoms. The van der Waals surface area contributed by atoms with Crippen LogP contribution in [0.25, 0.3) is 6.08 Å². The van der Waals surface area contributed by atoms with Crippen LogP contribution in [0.2, 0.25) is 0 Å². The summed E-state index contributed by atoms with van der Waals surface area (Å²) >= 11 is 13.9. The van der Waals surface area contributed by atoms with E-state index in [1.54, 1.807) is 14.2 Å². The topological polar surface area (TPSA) is 380 Å². The number of amides is 1. The maximum Gasteiger partial charge on any atom is 0.330 e. The molecule has 1 aromatic rings. The van der Waals surface area contributed by atoms with Crippen molar-refractivity contribution in [2.24, 2.45) is 28.9 Å². The number of hydrogen-bond acceptors (Lipinski definition) is 23. The third kappa shape index (κ3) is 46.5. The number of H-pyrrole nitrogens is 1. The molecule has 0 aromatic carbocycles. The molecular weight excluding hydrogens is 1140 g/mol. The molecule has 1 aliphatic heterocycles. The molecule has 1 saturated heterocycles. The number of methoxy groups -OCH3 is 2. The summed E-state index contributed by atoms with van der Waals surface area (Å²) in [5, 5.41) is 11.8. The Morgan fingerprint density at radius 1 is 0.731 bits per heavy atom. The van der Waals surface area contributed by atoms with Gasteiger partial charge in [-0.15, -0.1) is 0 Å². The van der Waals surface area contributed by atoms with Gasteiger partial charge < -0.3 is 104 Å². The maximum atomic E-state index is 12.3. The molecule has 32 heteroatoms. The van der Waals surface area contributed by atoms with Crippen molar-refractivity contribution < 1.29 is 80.1 Å². The van der Waals surface area contributed by atoms with Gasteiger partial charge in [0.05, 0.1) is 77.7 Å². The van der Waals surface area contributed by atoms with Crippen LogP contribution in [0, 0.1) is 5.92 Å². The number of aliphatic hydroxyl groups is 1. The molecule has 1 amide bonds. The van der Waals surface area contributed by atoms with E-state index in [9.17, 15) is 29.1 Å². The Kier molecular flexibility index (Phi) is 57.8. The van der Waals surface area contributed by atoms with Crippen molar-refractivity contribution in [2.45, 2.75) is 110 Å². The van der Waals surface area contributed by atoms with Crippen LogP contribution in [-0.2, 0) is 95.8 Å². The first-order valence-electron chi connectivity index (χ1n) is 25.0. The van der Waals surface area contributed by atoms with Gasteiger partial charge in [-0.25, -0.2) is 4.79 Å². The van der Waals surface area contributed by atoms with Crippen molar-refractivity contribution in [1.82, 2.24) is 14.9 Å². The summed E-state index contributed by atoms with van der Waals surface area (Å²) in [6.07, 6.45) is 14.0. The normalized spacial score (nSPS) is 17.5. The molecule has 14 N–H and O–H groups in total. The maximum absolute atomic E-state index is 12.3. The van der Waals surface area contributed by atoms with Gasteiger partial charge in [-0.2, -0.15) is 0 Å². The molecule has 26 nitrogen and oxygen atoms in total. The molecule has 0 spiro atoms. The summed E-state index contributed by atoms with van der Waals surface area (Å²) in [5.41, 5.74) is 20.4. The predicted octanol–water partition coefficient (Wildman–Crippen LogP) is 3.27. The zero-order chi connectivity index (χ0) is 57.5. The van der Waals surface area contributed by atoms with E-state index in [1.807, 2.05) is 0 Å². The second-order valence-electron chi connectivity index (χ2n) is 16.2. The SMILES string of the molecule is C.C.COC[C@H]1O[C@@H](n2cc(/C=C/C(=O)NCCCCCCN)c(=O)[nH]c2=O)CC1OC.COP(O)(=S)OCC(CO)CCCCN.COP(O)(=S)OCCCCCCN.COP(O)(=S)OCCOCCOCCOCCN. The molecule has 0 saturated carbocycles. The number of carbonyl (C=O) groups is 1. The fourth-order valence-corrected chi connectivity index (χ4v) is 8.12. The Hall–Kier alpha value is -0.960.